The molecule has 1 atom stereocenters. The third kappa shape index (κ3) is 3.35. The highest BCUT2D eigenvalue weighted by molar-refractivity contribution is 5.41. The Morgan fingerprint density at radius 2 is 1.86 bits per heavy atom. The highest BCUT2D eigenvalue weighted by atomic mass is 15.3. The summed E-state index contributed by atoms with van der Waals surface area (Å²) in [6.45, 7) is 11.4. The lowest BCUT2D eigenvalue weighted by molar-refractivity contribution is 0.120. The van der Waals surface area contributed by atoms with Crippen LogP contribution in [0.25, 0.3) is 0 Å². The number of hydrogen-bond acceptors (Lipinski definition) is 5. The van der Waals surface area contributed by atoms with Gasteiger partial charge in [-0.2, -0.15) is 0 Å². The van der Waals surface area contributed by atoms with Crippen LogP contribution in [0, 0.1) is 0 Å². The molecule has 2 aliphatic heterocycles. The first kappa shape index (κ1) is 14.7. The monoisotopic (exact) mass is 289 g/mol. The van der Waals surface area contributed by atoms with Crippen LogP contribution in [0.1, 0.15) is 31.9 Å². The summed E-state index contributed by atoms with van der Waals surface area (Å²) >= 11 is 0. The van der Waals surface area contributed by atoms with E-state index in [0.717, 1.165) is 24.6 Å². The quantitative estimate of drug-likeness (QED) is 0.841. The van der Waals surface area contributed by atoms with Crippen LogP contribution < -0.4 is 4.90 Å². The Labute approximate surface area is 128 Å². The molecule has 0 N–H and O–H groups in total. The van der Waals surface area contributed by atoms with E-state index in [4.69, 9.17) is 0 Å². The van der Waals surface area contributed by atoms with E-state index in [-0.39, 0.29) is 0 Å². The van der Waals surface area contributed by atoms with Crippen LogP contribution >= 0.6 is 0 Å². The first-order valence-corrected chi connectivity index (χ1v) is 8.13. The molecule has 0 unspecified atom stereocenters. The Morgan fingerprint density at radius 3 is 2.57 bits per heavy atom. The SMILES string of the molecule is CC(C)c1cc(N2CC[C@H](N3CCN(C)CC3)C2)ncn1. The number of nitrogens with zero attached hydrogens (tertiary/aromatic N) is 5. The van der Waals surface area contributed by atoms with Gasteiger partial charge in [-0.3, -0.25) is 4.90 Å². The van der Waals surface area contributed by atoms with E-state index in [0.29, 0.717) is 12.0 Å². The molecule has 0 bridgehead atoms. The molecule has 0 aromatic carbocycles. The van der Waals surface area contributed by atoms with Crippen molar-refractivity contribution in [2.24, 2.45) is 0 Å². The normalized spacial score (nSPS) is 25.0. The minimum Gasteiger partial charge on any atom is -0.355 e. The smallest absolute Gasteiger partial charge is 0.132 e. The van der Waals surface area contributed by atoms with Crippen molar-refractivity contribution < 1.29 is 0 Å². The van der Waals surface area contributed by atoms with Gasteiger partial charge in [0.2, 0.25) is 0 Å². The van der Waals surface area contributed by atoms with Gasteiger partial charge in [0.1, 0.15) is 12.1 Å². The molecule has 2 aliphatic rings. The van der Waals surface area contributed by atoms with Gasteiger partial charge < -0.3 is 9.80 Å². The number of likely N-dealkylation sites (N-methyl/N-ethyl adjacent to an activating group) is 1. The largest absolute Gasteiger partial charge is 0.355 e. The van der Waals surface area contributed by atoms with E-state index in [1.54, 1.807) is 6.33 Å². The van der Waals surface area contributed by atoms with Gasteiger partial charge in [0.05, 0.1) is 0 Å². The summed E-state index contributed by atoms with van der Waals surface area (Å²) in [6, 6.07) is 2.85. The zero-order valence-electron chi connectivity index (χ0n) is 13.5. The molecule has 0 radical (unpaired) electrons. The lowest BCUT2D eigenvalue weighted by Gasteiger charge is -2.36. The van der Waals surface area contributed by atoms with Crippen LogP contribution in [-0.4, -0.2) is 72.1 Å². The highest BCUT2D eigenvalue weighted by Gasteiger charge is 2.30. The summed E-state index contributed by atoms with van der Waals surface area (Å²) in [5, 5.41) is 0. The van der Waals surface area contributed by atoms with Gasteiger partial charge in [0, 0.05) is 57.1 Å². The van der Waals surface area contributed by atoms with Crippen LogP contribution in [0.3, 0.4) is 0 Å². The third-order valence-corrected chi connectivity index (χ3v) is 4.81. The Hall–Kier alpha value is -1.20. The zero-order valence-corrected chi connectivity index (χ0v) is 13.5. The molecular formula is C16H27N5. The molecule has 0 spiro atoms. The fourth-order valence-corrected chi connectivity index (χ4v) is 3.29. The zero-order chi connectivity index (χ0) is 14.8. The first-order valence-electron chi connectivity index (χ1n) is 8.13. The summed E-state index contributed by atoms with van der Waals surface area (Å²) in [6.07, 6.45) is 2.97. The minimum absolute atomic E-state index is 0.461. The van der Waals surface area contributed by atoms with E-state index < -0.39 is 0 Å². The summed E-state index contributed by atoms with van der Waals surface area (Å²) in [5.74, 6) is 1.56. The Kier molecular flexibility index (Phi) is 4.40. The van der Waals surface area contributed by atoms with Crippen LogP contribution in [0.5, 0.6) is 0 Å². The Bertz CT molecular complexity index is 467. The van der Waals surface area contributed by atoms with Gasteiger partial charge in [0.25, 0.3) is 0 Å². The number of aromatic nitrogens is 2. The van der Waals surface area contributed by atoms with Crippen molar-refractivity contribution >= 4 is 5.82 Å². The Balaban J connectivity index is 1.63. The van der Waals surface area contributed by atoms with Gasteiger partial charge in [-0.05, 0) is 19.4 Å². The van der Waals surface area contributed by atoms with Crippen molar-refractivity contribution in [1.82, 2.24) is 19.8 Å². The van der Waals surface area contributed by atoms with E-state index >= 15 is 0 Å². The predicted octanol–water partition coefficient (Wildman–Crippen LogP) is 1.43. The number of hydrogen-bond donors (Lipinski definition) is 0. The molecule has 3 heterocycles. The average molecular weight is 289 g/mol. The van der Waals surface area contributed by atoms with Crippen LogP contribution in [0.2, 0.25) is 0 Å². The van der Waals surface area contributed by atoms with E-state index in [9.17, 15) is 0 Å². The molecule has 3 rings (SSSR count). The van der Waals surface area contributed by atoms with Gasteiger partial charge in [-0.15, -0.1) is 0 Å². The molecule has 0 aliphatic carbocycles. The highest BCUT2D eigenvalue weighted by Crippen LogP contribution is 2.23. The molecule has 0 saturated carbocycles. The third-order valence-electron chi connectivity index (χ3n) is 4.81. The lowest BCUT2D eigenvalue weighted by atomic mass is 10.1. The summed E-state index contributed by atoms with van der Waals surface area (Å²) in [4.78, 5) is 16.4. The maximum absolute atomic E-state index is 4.48. The molecule has 21 heavy (non-hydrogen) atoms. The van der Waals surface area contributed by atoms with Gasteiger partial charge in [0.15, 0.2) is 0 Å². The molecule has 2 fully saturated rings. The molecular weight excluding hydrogens is 262 g/mol. The van der Waals surface area contributed by atoms with Crippen LogP contribution in [0.15, 0.2) is 12.4 Å². The molecule has 2 saturated heterocycles. The van der Waals surface area contributed by atoms with Crippen molar-refractivity contribution in [1.29, 1.82) is 0 Å². The topological polar surface area (TPSA) is 35.5 Å². The molecule has 5 heteroatoms. The van der Waals surface area contributed by atoms with Crippen molar-refractivity contribution in [3.05, 3.63) is 18.1 Å². The van der Waals surface area contributed by atoms with E-state index in [1.165, 1.54) is 32.6 Å². The molecule has 1 aromatic heterocycles. The van der Waals surface area contributed by atoms with Gasteiger partial charge in [-0.25, -0.2) is 9.97 Å². The Morgan fingerprint density at radius 1 is 1.10 bits per heavy atom. The van der Waals surface area contributed by atoms with Gasteiger partial charge in [-0.1, -0.05) is 13.8 Å². The van der Waals surface area contributed by atoms with E-state index in [2.05, 4.69) is 51.6 Å². The van der Waals surface area contributed by atoms with E-state index in [1.807, 2.05) is 0 Å². The number of piperazine rings is 1. The van der Waals surface area contributed by atoms with Crippen LogP contribution in [0.4, 0.5) is 5.82 Å². The number of rotatable bonds is 3. The minimum atomic E-state index is 0.461. The fourth-order valence-electron chi connectivity index (χ4n) is 3.29. The predicted molar refractivity (Wildman–Crippen MR) is 85.8 cm³/mol. The summed E-state index contributed by atoms with van der Waals surface area (Å²) in [5.41, 5.74) is 1.14. The molecule has 0 amide bonds. The lowest BCUT2D eigenvalue weighted by Crippen LogP contribution is -2.49. The van der Waals surface area contributed by atoms with Crippen molar-refractivity contribution in [2.45, 2.75) is 32.2 Å². The van der Waals surface area contributed by atoms with Crippen molar-refractivity contribution in [2.75, 3.05) is 51.2 Å². The maximum atomic E-state index is 4.48. The second kappa shape index (κ2) is 6.28. The van der Waals surface area contributed by atoms with Crippen LogP contribution in [-0.2, 0) is 0 Å². The maximum Gasteiger partial charge on any atom is 0.132 e. The van der Waals surface area contributed by atoms with Crippen molar-refractivity contribution in [3.8, 4) is 0 Å². The second-order valence-electron chi connectivity index (χ2n) is 6.68. The molecule has 1 aromatic rings. The molecule has 5 nitrogen and oxygen atoms in total. The van der Waals surface area contributed by atoms with Gasteiger partial charge >= 0.3 is 0 Å². The average Bonchev–Trinajstić information content (AvgIpc) is 2.98. The fraction of sp³-hybridized carbons (Fsp3) is 0.750. The standard InChI is InChI=1S/C16H27N5/c1-13(2)15-10-16(18-12-17-15)21-5-4-14(11-21)20-8-6-19(3)7-9-20/h10,12-14H,4-9,11H2,1-3H3/t14-/m0/s1. The second-order valence-corrected chi connectivity index (χ2v) is 6.68. The number of anilines is 1. The first-order chi connectivity index (χ1) is 10.1. The molecule has 116 valence electrons. The van der Waals surface area contributed by atoms with Crippen molar-refractivity contribution in [3.63, 3.8) is 0 Å². The summed E-state index contributed by atoms with van der Waals surface area (Å²) < 4.78 is 0. The summed E-state index contributed by atoms with van der Waals surface area (Å²) in [7, 11) is 2.21.